The van der Waals surface area contributed by atoms with Crippen LogP contribution in [-0.4, -0.2) is 28.8 Å². The van der Waals surface area contributed by atoms with Crippen LogP contribution in [0.5, 0.6) is 11.5 Å². The Kier molecular flexibility index (Phi) is 5.08. The molecule has 2 rings (SSSR count). The Bertz CT molecular complexity index is 682. The minimum absolute atomic E-state index is 0.0287. The Labute approximate surface area is 128 Å². The summed E-state index contributed by atoms with van der Waals surface area (Å²) in [5.74, 6) is 0.238. The number of benzene rings is 1. The SMILES string of the molecule is CCOc1ccc(/C=N\NC(=O)c2ccc(C)nc2)c(O)c1. The summed E-state index contributed by atoms with van der Waals surface area (Å²) in [6.07, 6.45) is 2.85. The fourth-order valence-corrected chi connectivity index (χ4v) is 1.72. The minimum atomic E-state index is -0.367. The topological polar surface area (TPSA) is 83.8 Å². The second kappa shape index (κ2) is 7.21. The summed E-state index contributed by atoms with van der Waals surface area (Å²) in [7, 11) is 0. The van der Waals surface area contributed by atoms with Gasteiger partial charge in [0.05, 0.1) is 18.4 Å². The van der Waals surface area contributed by atoms with Crippen molar-refractivity contribution < 1.29 is 14.6 Å². The molecule has 1 heterocycles. The summed E-state index contributed by atoms with van der Waals surface area (Å²) in [6, 6.07) is 8.29. The zero-order valence-electron chi connectivity index (χ0n) is 12.4. The van der Waals surface area contributed by atoms with Gasteiger partial charge in [0, 0.05) is 23.5 Å². The van der Waals surface area contributed by atoms with Crippen LogP contribution in [0, 0.1) is 6.92 Å². The molecular formula is C16H17N3O3. The van der Waals surface area contributed by atoms with Gasteiger partial charge < -0.3 is 9.84 Å². The van der Waals surface area contributed by atoms with E-state index in [4.69, 9.17) is 4.74 Å². The maximum atomic E-state index is 11.8. The highest BCUT2D eigenvalue weighted by atomic mass is 16.5. The van der Waals surface area contributed by atoms with Gasteiger partial charge in [-0.05, 0) is 38.1 Å². The normalized spacial score (nSPS) is 10.6. The Morgan fingerprint density at radius 1 is 1.41 bits per heavy atom. The summed E-state index contributed by atoms with van der Waals surface area (Å²) in [5, 5.41) is 13.7. The molecule has 0 spiro atoms. The first kappa shape index (κ1) is 15.5. The lowest BCUT2D eigenvalue weighted by Crippen LogP contribution is -2.17. The number of aryl methyl sites for hydroxylation is 1. The van der Waals surface area contributed by atoms with Gasteiger partial charge in [0.1, 0.15) is 11.5 Å². The van der Waals surface area contributed by atoms with Crippen molar-refractivity contribution >= 4 is 12.1 Å². The number of nitrogens with zero attached hydrogens (tertiary/aromatic N) is 2. The molecule has 0 aliphatic carbocycles. The summed E-state index contributed by atoms with van der Waals surface area (Å²) in [5.41, 5.74) is 4.11. The highest BCUT2D eigenvalue weighted by Gasteiger charge is 2.04. The van der Waals surface area contributed by atoms with Gasteiger partial charge >= 0.3 is 0 Å². The van der Waals surface area contributed by atoms with Crippen LogP contribution >= 0.6 is 0 Å². The van der Waals surface area contributed by atoms with Gasteiger partial charge in [-0.1, -0.05) is 0 Å². The average molecular weight is 299 g/mol. The standard InChI is InChI=1S/C16H17N3O3/c1-3-22-14-7-6-12(15(20)8-14)10-18-19-16(21)13-5-4-11(2)17-9-13/h4-10,20H,3H2,1-2H3,(H,19,21)/b18-10-. The fourth-order valence-electron chi connectivity index (χ4n) is 1.72. The molecule has 1 aromatic carbocycles. The Morgan fingerprint density at radius 2 is 2.23 bits per heavy atom. The van der Waals surface area contributed by atoms with Crippen LogP contribution in [0.2, 0.25) is 0 Å². The molecule has 6 heteroatoms. The number of carbonyl (C=O) groups excluding carboxylic acids is 1. The van der Waals surface area contributed by atoms with E-state index in [1.165, 1.54) is 18.5 Å². The molecule has 0 saturated heterocycles. The molecule has 6 nitrogen and oxygen atoms in total. The molecule has 0 unspecified atom stereocenters. The molecule has 1 aromatic heterocycles. The van der Waals surface area contributed by atoms with E-state index in [1.54, 1.807) is 24.3 Å². The molecule has 0 radical (unpaired) electrons. The van der Waals surface area contributed by atoms with Crippen molar-refractivity contribution in [2.24, 2.45) is 5.10 Å². The Morgan fingerprint density at radius 3 is 2.86 bits per heavy atom. The van der Waals surface area contributed by atoms with Crippen LogP contribution in [0.4, 0.5) is 0 Å². The van der Waals surface area contributed by atoms with Crippen molar-refractivity contribution in [3.8, 4) is 11.5 Å². The van der Waals surface area contributed by atoms with E-state index in [0.29, 0.717) is 23.5 Å². The number of hydrogen-bond donors (Lipinski definition) is 2. The summed E-state index contributed by atoms with van der Waals surface area (Å²) < 4.78 is 5.27. The molecule has 22 heavy (non-hydrogen) atoms. The summed E-state index contributed by atoms with van der Waals surface area (Å²) >= 11 is 0. The monoisotopic (exact) mass is 299 g/mol. The Balaban J connectivity index is 2.00. The number of ether oxygens (including phenoxy) is 1. The van der Waals surface area contributed by atoms with Crippen molar-refractivity contribution in [1.29, 1.82) is 0 Å². The van der Waals surface area contributed by atoms with Gasteiger partial charge in [0.25, 0.3) is 5.91 Å². The molecular weight excluding hydrogens is 282 g/mol. The number of hydrogen-bond acceptors (Lipinski definition) is 5. The molecule has 0 bridgehead atoms. The summed E-state index contributed by atoms with van der Waals surface area (Å²) in [6.45, 7) is 4.23. The Hall–Kier alpha value is -2.89. The van der Waals surface area contributed by atoms with Crippen LogP contribution < -0.4 is 10.2 Å². The van der Waals surface area contributed by atoms with Gasteiger partial charge in [-0.15, -0.1) is 0 Å². The lowest BCUT2D eigenvalue weighted by Gasteiger charge is -2.05. The largest absolute Gasteiger partial charge is 0.507 e. The fraction of sp³-hybridized carbons (Fsp3) is 0.188. The van der Waals surface area contributed by atoms with Crippen LogP contribution in [0.3, 0.4) is 0 Å². The first-order valence-corrected chi connectivity index (χ1v) is 6.82. The van der Waals surface area contributed by atoms with E-state index in [9.17, 15) is 9.90 Å². The van der Waals surface area contributed by atoms with Gasteiger partial charge in [0.15, 0.2) is 0 Å². The van der Waals surface area contributed by atoms with Crippen molar-refractivity contribution in [1.82, 2.24) is 10.4 Å². The third-order valence-electron chi connectivity index (χ3n) is 2.86. The number of aromatic nitrogens is 1. The summed E-state index contributed by atoms with van der Waals surface area (Å²) in [4.78, 5) is 15.9. The molecule has 0 atom stereocenters. The smallest absolute Gasteiger partial charge is 0.272 e. The van der Waals surface area contributed by atoms with Crippen LogP contribution in [0.25, 0.3) is 0 Å². The number of phenolic OH excluding ortho intramolecular Hbond substituents is 1. The average Bonchev–Trinajstić information content (AvgIpc) is 2.50. The second-order valence-corrected chi connectivity index (χ2v) is 4.54. The third-order valence-corrected chi connectivity index (χ3v) is 2.86. The highest BCUT2D eigenvalue weighted by Crippen LogP contribution is 2.22. The number of pyridine rings is 1. The molecule has 0 aliphatic rings. The van der Waals surface area contributed by atoms with E-state index in [2.05, 4.69) is 15.5 Å². The van der Waals surface area contributed by atoms with Crippen LogP contribution in [0.15, 0.2) is 41.6 Å². The van der Waals surface area contributed by atoms with Crippen molar-refractivity contribution in [2.75, 3.05) is 6.61 Å². The highest BCUT2D eigenvalue weighted by molar-refractivity contribution is 5.94. The molecule has 114 valence electrons. The maximum Gasteiger partial charge on any atom is 0.272 e. The number of carbonyl (C=O) groups is 1. The van der Waals surface area contributed by atoms with Gasteiger partial charge in [0.2, 0.25) is 0 Å². The van der Waals surface area contributed by atoms with Crippen molar-refractivity contribution in [3.63, 3.8) is 0 Å². The zero-order chi connectivity index (χ0) is 15.9. The first-order valence-electron chi connectivity index (χ1n) is 6.82. The van der Waals surface area contributed by atoms with Gasteiger partial charge in [-0.25, -0.2) is 5.43 Å². The number of aromatic hydroxyl groups is 1. The number of nitrogens with one attached hydrogen (secondary N) is 1. The van der Waals surface area contributed by atoms with Gasteiger partial charge in [-0.2, -0.15) is 5.10 Å². The molecule has 2 aromatic rings. The number of phenols is 1. The second-order valence-electron chi connectivity index (χ2n) is 4.54. The van der Waals surface area contributed by atoms with E-state index < -0.39 is 0 Å². The quantitative estimate of drug-likeness (QED) is 0.655. The van der Waals surface area contributed by atoms with E-state index >= 15 is 0 Å². The van der Waals surface area contributed by atoms with E-state index in [-0.39, 0.29) is 11.7 Å². The first-order chi connectivity index (χ1) is 10.6. The predicted molar refractivity (Wildman–Crippen MR) is 83.3 cm³/mol. The zero-order valence-corrected chi connectivity index (χ0v) is 12.4. The number of amides is 1. The molecule has 0 saturated carbocycles. The van der Waals surface area contributed by atoms with Crippen molar-refractivity contribution in [2.45, 2.75) is 13.8 Å². The van der Waals surface area contributed by atoms with Gasteiger partial charge in [-0.3, -0.25) is 9.78 Å². The van der Waals surface area contributed by atoms with E-state index in [0.717, 1.165) is 5.69 Å². The maximum absolute atomic E-state index is 11.8. The molecule has 1 amide bonds. The van der Waals surface area contributed by atoms with Crippen molar-refractivity contribution in [3.05, 3.63) is 53.3 Å². The molecule has 0 aliphatic heterocycles. The van der Waals surface area contributed by atoms with Crippen LogP contribution in [-0.2, 0) is 0 Å². The minimum Gasteiger partial charge on any atom is -0.507 e. The third kappa shape index (κ3) is 4.05. The lowest BCUT2D eigenvalue weighted by atomic mass is 10.2. The number of hydrazone groups is 1. The van der Waals surface area contributed by atoms with E-state index in [1.807, 2.05) is 13.8 Å². The molecule has 0 fully saturated rings. The lowest BCUT2D eigenvalue weighted by molar-refractivity contribution is 0.0954. The molecule has 2 N–H and O–H groups in total. The van der Waals surface area contributed by atoms with Crippen LogP contribution in [0.1, 0.15) is 28.5 Å². The number of rotatable bonds is 5. The predicted octanol–water partition coefficient (Wildman–Crippen LogP) is 2.26.